The van der Waals surface area contributed by atoms with E-state index in [1.165, 1.54) is 6.07 Å². The van der Waals surface area contributed by atoms with Crippen molar-refractivity contribution in [1.29, 1.82) is 0 Å². The third kappa shape index (κ3) is 2.79. The van der Waals surface area contributed by atoms with Crippen molar-refractivity contribution >= 4 is 15.9 Å². The van der Waals surface area contributed by atoms with Crippen LogP contribution in [-0.2, 0) is 6.54 Å². The summed E-state index contributed by atoms with van der Waals surface area (Å²) in [7, 11) is 0. The van der Waals surface area contributed by atoms with Crippen molar-refractivity contribution in [3.8, 4) is 0 Å². The number of hydrogen-bond donors (Lipinski definition) is 0. The number of aryl methyl sites for hydroxylation is 1. The summed E-state index contributed by atoms with van der Waals surface area (Å²) in [5.41, 5.74) is 1.60. The molecule has 20 heavy (non-hydrogen) atoms. The summed E-state index contributed by atoms with van der Waals surface area (Å²) < 4.78 is 20.2. The molecule has 0 spiro atoms. The molecule has 1 saturated heterocycles. The number of benzene rings is 1. The Kier molecular flexibility index (Phi) is 3.89. The standard InChI is InChI=1S/C15H16BrFN2O/c1-10-7-15(20-18-10)14-3-2-6-19(14)9-11-8-12(16)4-5-13(11)17/h4-5,7-8,14H,2-3,6,9H2,1H3/t14-/m0/s1. The van der Waals surface area contributed by atoms with Crippen molar-refractivity contribution in [2.75, 3.05) is 6.54 Å². The number of halogens is 2. The van der Waals surface area contributed by atoms with Gasteiger partial charge in [0.15, 0.2) is 5.76 Å². The molecular weight excluding hydrogens is 323 g/mol. The van der Waals surface area contributed by atoms with Crippen molar-refractivity contribution < 1.29 is 8.91 Å². The maximum Gasteiger partial charge on any atom is 0.154 e. The van der Waals surface area contributed by atoms with E-state index >= 15 is 0 Å². The molecule has 0 unspecified atom stereocenters. The van der Waals surface area contributed by atoms with Crippen molar-refractivity contribution in [2.24, 2.45) is 0 Å². The molecule has 0 aliphatic carbocycles. The lowest BCUT2D eigenvalue weighted by atomic mass is 10.1. The van der Waals surface area contributed by atoms with Crippen LogP contribution in [-0.4, -0.2) is 16.6 Å². The first-order valence-corrected chi connectivity index (χ1v) is 7.54. The van der Waals surface area contributed by atoms with E-state index in [-0.39, 0.29) is 11.9 Å². The summed E-state index contributed by atoms with van der Waals surface area (Å²) in [6, 6.07) is 7.24. The Morgan fingerprint density at radius 2 is 2.30 bits per heavy atom. The zero-order chi connectivity index (χ0) is 14.1. The van der Waals surface area contributed by atoms with E-state index in [2.05, 4.69) is 26.0 Å². The van der Waals surface area contributed by atoms with Gasteiger partial charge in [0.1, 0.15) is 5.82 Å². The summed E-state index contributed by atoms with van der Waals surface area (Å²) in [5.74, 6) is 0.725. The fourth-order valence-corrected chi connectivity index (χ4v) is 3.17. The summed E-state index contributed by atoms with van der Waals surface area (Å²) in [6.07, 6.45) is 2.13. The zero-order valence-corrected chi connectivity index (χ0v) is 12.9. The van der Waals surface area contributed by atoms with Gasteiger partial charge in [0.2, 0.25) is 0 Å². The van der Waals surface area contributed by atoms with Crippen LogP contribution in [0.25, 0.3) is 0 Å². The molecule has 1 fully saturated rings. The molecule has 5 heteroatoms. The first-order chi connectivity index (χ1) is 9.63. The summed E-state index contributed by atoms with van der Waals surface area (Å²) in [4.78, 5) is 2.25. The van der Waals surface area contributed by atoms with Gasteiger partial charge in [-0.2, -0.15) is 0 Å². The second-order valence-electron chi connectivity index (χ2n) is 5.23. The van der Waals surface area contributed by atoms with E-state index in [4.69, 9.17) is 4.52 Å². The second kappa shape index (κ2) is 5.66. The zero-order valence-electron chi connectivity index (χ0n) is 11.3. The molecule has 1 aliphatic rings. The van der Waals surface area contributed by atoms with E-state index in [1.54, 1.807) is 6.07 Å². The lowest BCUT2D eigenvalue weighted by molar-refractivity contribution is 0.204. The van der Waals surface area contributed by atoms with Crippen LogP contribution >= 0.6 is 15.9 Å². The molecule has 0 bridgehead atoms. The third-order valence-electron chi connectivity index (χ3n) is 3.72. The molecule has 3 rings (SSSR count). The number of hydrogen-bond acceptors (Lipinski definition) is 3. The number of aromatic nitrogens is 1. The first-order valence-electron chi connectivity index (χ1n) is 6.74. The Hall–Kier alpha value is -1.20. The van der Waals surface area contributed by atoms with E-state index in [9.17, 15) is 4.39 Å². The fourth-order valence-electron chi connectivity index (χ4n) is 2.76. The highest BCUT2D eigenvalue weighted by Crippen LogP contribution is 2.34. The highest BCUT2D eigenvalue weighted by Gasteiger charge is 2.29. The Morgan fingerprint density at radius 3 is 3.05 bits per heavy atom. The van der Waals surface area contributed by atoms with Gasteiger partial charge in [-0.05, 0) is 44.5 Å². The molecule has 0 radical (unpaired) electrons. The number of likely N-dealkylation sites (tertiary alicyclic amines) is 1. The van der Waals surface area contributed by atoms with Gasteiger partial charge < -0.3 is 4.52 Å². The Balaban J connectivity index is 1.81. The normalized spacial score (nSPS) is 19.6. The SMILES string of the molecule is Cc1cc([C@@H]2CCCN2Cc2cc(Br)ccc2F)on1. The van der Waals surface area contributed by atoms with E-state index in [0.717, 1.165) is 35.3 Å². The molecule has 1 aromatic heterocycles. The number of nitrogens with zero attached hydrogens (tertiary/aromatic N) is 2. The maximum absolute atomic E-state index is 13.9. The molecule has 1 aliphatic heterocycles. The molecule has 1 atom stereocenters. The molecule has 2 heterocycles. The smallest absolute Gasteiger partial charge is 0.154 e. The van der Waals surface area contributed by atoms with Gasteiger partial charge in [-0.15, -0.1) is 0 Å². The topological polar surface area (TPSA) is 29.3 Å². The highest BCUT2D eigenvalue weighted by molar-refractivity contribution is 9.10. The molecule has 0 amide bonds. The Bertz CT molecular complexity index is 614. The van der Waals surface area contributed by atoms with Gasteiger partial charge in [-0.3, -0.25) is 4.90 Å². The molecular formula is C15H16BrFN2O. The van der Waals surface area contributed by atoms with Crippen LogP contribution in [0.2, 0.25) is 0 Å². The molecule has 1 aromatic carbocycles. The van der Waals surface area contributed by atoms with Gasteiger partial charge >= 0.3 is 0 Å². The van der Waals surface area contributed by atoms with Crippen LogP contribution in [0.3, 0.4) is 0 Å². The first kappa shape index (κ1) is 13.8. The van der Waals surface area contributed by atoms with Crippen LogP contribution in [0, 0.1) is 12.7 Å². The van der Waals surface area contributed by atoms with Crippen LogP contribution in [0.5, 0.6) is 0 Å². The van der Waals surface area contributed by atoms with Crippen molar-refractivity contribution in [3.05, 3.63) is 51.6 Å². The quantitative estimate of drug-likeness (QED) is 0.838. The number of rotatable bonds is 3. The van der Waals surface area contributed by atoms with E-state index < -0.39 is 0 Å². The molecule has 3 nitrogen and oxygen atoms in total. The second-order valence-corrected chi connectivity index (χ2v) is 6.15. The minimum absolute atomic E-state index is 0.160. The van der Waals surface area contributed by atoms with Crippen LogP contribution in [0.4, 0.5) is 4.39 Å². The Labute approximate surface area is 125 Å². The predicted molar refractivity (Wildman–Crippen MR) is 77.7 cm³/mol. The summed E-state index contributed by atoms with van der Waals surface area (Å²) >= 11 is 3.40. The maximum atomic E-state index is 13.9. The largest absolute Gasteiger partial charge is 0.359 e. The summed E-state index contributed by atoms with van der Waals surface area (Å²) in [5, 5.41) is 3.95. The molecule has 0 saturated carbocycles. The lowest BCUT2D eigenvalue weighted by Gasteiger charge is -2.22. The molecule has 2 aromatic rings. The predicted octanol–water partition coefficient (Wildman–Crippen LogP) is 4.22. The Morgan fingerprint density at radius 1 is 1.45 bits per heavy atom. The van der Waals surface area contributed by atoms with Gasteiger partial charge in [-0.25, -0.2) is 4.39 Å². The monoisotopic (exact) mass is 338 g/mol. The third-order valence-corrected chi connectivity index (χ3v) is 4.21. The van der Waals surface area contributed by atoms with Crippen LogP contribution < -0.4 is 0 Å². The van der Waals surface area contributed by atoms with Gasteiger partial charge in [0.05, 0.1) is 11.7 Å². The van der Waals surface area contributed by atoms with Crippen molar-refractivity contribution in [1.82, 2.24) is 10.1 Å². The van der Waals surface area contributed by atoms with Crippen LogP contribution in [0.1, 0.15) is 35.9 Å². The van der Waals surface area contributed by atoms with Crippen molar-refractivity contribution in [3.63, 3.8) is 0 Å². The average molecular weight is 339 g/mol. The lowest BCUT2D eigenvalue weighted by Crippen LogP contribution is -2.23. The van der Waals surface area contributed by atoms with Gasteiger partial charge in [0.25, 0.3) is 0 Å². The average Bonchev–Trinajstić information content (AvgIpc) is 3.02. The highest BCUT2D eigenvalue weighted by atomic mass is 79.9. The van der Waals surface area contributed by atoms with Crippen molar-refractivity contribution in [2.45, 2.75) is 32.4 Å². The van der Waals surface area contributed by atoms with E-state index in [1.807, 2.05) is 19.1 Å². The van der Waals surface area contributed by atoms with E-state index in [0.29, 0.717) is 12.1 Å². The van der Waals surface area contributed by atoms with Gasteiger partial charge in [-0.1, -0.05) is 21.1 Å². The fraction of sp³-hybridized carbons (Fsp3) is 0.400. The molecule has 0 N–H and O–H groups in total. The van der Waals surface area contributed by atoms with Crippen LogP contribution in [0.15, 0.2) is 33.3 Å². The minimum atomic E-state index is -0.160. The summed E-state index contributed by atoms with van der Waals surface area (Å²) in [6.45, 7) is 3.46. The van der Waals surface area contributed by atoms with Gasteiger partial charge in [0, 0.05) is 22.6 Å². The molecule has 106 valence electrons. The minimum Gasteiger partial charge on any atom is -0.359 e.